The monoisotopic (exact) mass is 334 g/mol. The highest BCUT2D eigenvalue weighted by Gasteiger charge is 2.22. The Morgan fingerprint density at radius 2 is 1.15 bits per heavy atom. The number of aliphatic hydroxyl groups excluding tert-OH is 2. The van der Waals surface area contributed by atoms with E-state index in [4.69, 9.17) is 9.47 Å². The Kier molecular flexibility index (Phi) is 14.7. The third-order valence-electron chi connectivity index (χ3n) is 3.38. The van der Waals surface area contributed by atoms with Crippen LogP contribution in [-0.2, 0) is 9.47 Å². The van der Waals surface area contributed by atoms with Crippen molar-refractivity contribution in [1.29, 1.82) is 0 Å². The van der Waals surface area contributed by atoms with Crippen LogP contribution >= 0.6 is 24.8 Å². The molecule has 2 aliphatic rings. The molecule has 0 spiro atoms. The van der Waals surface area contributed by atoms with E-state index in [9.17, 15) is 10.2 Å². The Bertz CT molecular complexity index is 206. The molecule has 8 heteroatoms. The molecule has 0 saturated carbocycles. The predicted octanol–water partition coefficient (Wildman–Crippen LogP) is -0.445. The number of aliphatic hydroxyl groups is 2. The van der Waals surface area contributed by atoms with Gasteiger partial charge in [-0.2, -0.15) is 0 Å². The van der Waals surface area contributed by atoms with E-state index in [0.717, 1.165) is 25.9 Å². The molecule has 0 radical (unpaired) electrons. The third kappa shape index (κ3) is 7.95. The van der Waals surface area contributed by atoms with Crippen molar-refractivity contribution in [2.75, 3.05) is 40.4 Å². The van der Waals surface area contributed by atoms with Gasteiger partial charge < -0.3 is 30.3 Å². The molecule has 2 fully saturated rings. The van der Waals surface area contributed by atoms with Crippen molar-refractivity contribution in [3.05, 3.63) is 0 Å². The number of piperidine rings is 2. The molecule has 2 rings (SSSR count). The van der Waals surface area contributed by atoms with Crippen LogP contribution in [0.5, 0.6) is 0 Å². The van der Waals surface area contributed by atoms with Gasteiger partial charge in [0, 0.05) is 27.3 Å². The van der Waals surface area contributed by atoms with Crippen molar-refractivity contribution in [3.8, 4) is 0 Å². The van der Waals surface area contributed by atoms with Gasteiger partial charge in [-0.3, -0.25) is 0 Å². The molecule has 124 valence electrons. The molecular weight excluding hydrogens is 307 g/mol. The minimum Gasteiger partial charge on any atom is -0.389 e. The summed E-state index contributed by atoms with van der Waals surface area (Å²) in [6.07, 6.45) is 1.29. The molecule has 2 saturated heterocycles. The van der Waals surface area contributed by atoms with Gasteiger partial charge in [0.1, 0.15) is 0 Å². The summed E-state index contributed by atoms with van der Waals surface area (Å²) in [7, 11) is 3.28. The second-order valence-electron chi connectivity index (χ2n) is 4.67. The van der Waals surface area contributed by atoms with Crippen molar-refractivity contribution in [2.45, 2.75) is 37.3 Å². The van der Waals surface area contributed by atoms with Crippen molar-refractivity contribution in [1.82, 2.24) is 10.6 Å². The van der Waals surface area contributed by atoms with Gasteiger partial charge in [0.15, 0.2) is 0 Å². The van der Waals surface area contributed by atoms with Gasteiger partial charge in [-0.05, 0) is 25.9 Å². The molecule has 0 aromatic rings. The number of ether oxygens (including phenoxy) is 2. The van der Waals surface area contributed by atoms with Crippen LogP contribution in [-0.4, -0.2) is 75.0 Å². The topological polar surface area (TPSA) is 83.0 Å². The number of nitrogens with one attached hydrogen (secondary N) is 2. The molecule has 4 N–H and O–H groups in total. The first-order chi connectivity index (χ1) is 8.69. The number of halogens is 2. The van der Waals surface area contributed by atoms with Gasteiger partial charge in [-0.15, -0.1) is 24.8 Å². The summed E-state index contributed by atoms with van der Waals surface area (Å²) in [5.74, 6) is 0. The summed E-state index contributed by atoms with van der Waals surface area (Å²) in [5, 5.41) is 24.5. The fourth-order valence-corrected chi connectivity index (χ4v) is 2.19. The van der Waals surface area contributed by atoms with Gasteiger partial charge in [0.05, 0.1) is 24.4 Å². The number of hydrogen-bond donors (Lipinski definition) is 4. The Labute approximate surface area is 133 Å². The van der Waals surface area contributed by atoms with Crippen LogP contribution < -0.4 is 10.6 Å². The van der Waals surface area contributed by atoms with Crippen molar-refractivity contribution < 1.29 is 19.7 Å². The van der Waals surface area contributed by atoms with Crippen LogP contribution in [0.1, 0.15) is 12.8 Å². The van der Waals surface area contributed by atoms with E-state index < -0.39 is 0 Å². The highest BCUT2D eigenvalue weighted by molar-refractivity contribution is 5.85. The van der Waals surface area contributed by atoms with Crippen molar-refractivity contribution in [2.24, 2.45) is 0 Å². The van der Waals surface area contributed by atoms with E-state index in [1.54, 1.807) is 14.2 Å². The lowest BCUT2D eigenvalue weighted by Gasteiger charge is -2.26. The average molecular weight is 335 g/mol. The van der Waals surface area contributed by atoms with Crippen LogP contribution in [0.4, 0.5) is 0 Å². The Hall–Kier alpha value is 0.340. The smallest absolute Gasteiger partial charge is 0.0926 e. The van der Waals surface area contributed by atoms with Gasteiger partial charge in [-0.1, -0.05) is 0 Å². The summed E-state index contributed by atoms with van der Waals surface area (Å²) < 4.78 is 10.0. The second kappa shape index (κ2) is 13.0. The van der Waals surface area contributed by atoms with Crippen LogP contribution in [0.2, 0.25) is 0 Å². The molecule has 20 heavy (non-hydrogen) atoms. The van der Waals surface area contributed by atoms with Crippen LogP contribution in [0, 0.1) is 0 Å². The Morgan fingerprint density at radius 1 is 0.800 bits per heavy atom. The maximum Gasteiger partial charge on any atom is 0.0926 e. The first-order valence-electron chi connectivity index (χ1n) is 6.52. The van der Waals surface area contributed by atoms with Gasteiger partial charge in [-0.25, -0.2) is 0 Å². The minimum absolute atomic E-state index is 0. The molecule has 6 nitrogen and oxygen atoms in total. The maximum atomic E-state index is 9.18. The Balaban J connectivity index is 0. The standard InChI is InChI=1S/2C6H13NO2.2ClH/c2*1-9-6-2-3-7-4-5(6)8;;/h2*5-8H,2-4H2,1H3;2*1H/t2*5-,6-;;/m10../s1. The van der Waals surface area contributed by atoms with Gasteiger partial charge in [0.2, 0.25) is 0 Å². The van der Waals surface area contributed by atoms with Gasteiger partial charge >= 0.3 is 0 Å². The number of hydrogen-bond acceptors (Lipinski definition) is 6. The molecule has 0 amide bonds. The zero-order chi connectivity index (χ0) is 13.4. The molecule has 2 heterocycles. The van der Waals surface area contributed by atoms with E-state index in [1.807, 2.05) is 0 Å². The van der Waals surface area contributed by atoms with E-state index in [-0.39, 0.29) is 49.2 Å². The zero-order valence-electron chi connectivity index (χ0n) is 12.1. The number of methoxy groups -OCH3 is 2. The number of rotatable bonds is 2. The molecule has 0 aromatic heterocycles. The maximum absolute atomic E-state index is 9.18. The lowest BCUT2D eigenvalue weighted by atomic mass is 10.1. The van der Waals surface area contributed by atoms with Crippen LogP contribution in [0.15, 0.2) is 0 Å². The average Bonchev–Trinajstić information content (AvgIpc) is 2.41. The lowest BCUT2D eigenvalue weighted by Crippen LogP contribution is -2.44. The third-order valence-corrected chi connectivity index (χ3v) is 3.38. The van der Waals surface area contributed by atoms with E-state index in [2.05, 4.69) is 10.6 Å². The van der Waals surface area contributed by atoms with Gasteiger partial charge in [0.25, 0.3) is 0 Å². The first-order valence-corrected chi connectivity index (χ1v) is 6.52. The van der Waals surface area contributed by atoms with Crippen molar-refractivity contribution >= 4 is 24.8 Å². The highest BCUT2D eigenvalue weighted by atomic mass is 35.5. The summed E-state index contributed by atoms with van der Waals surface area (Å²) in [6, 6.07) is 0. The molecule has 0 unspecified atom stereocenters. The molecule has 0 aromatic carbocycles. The molecule has 2 aliphatic heterocycles. The predicted molar refractivity (Wildman–Crippen MR) is 83.1 cm³/mol. The summed E-state index contributed by atoms with van der Waals surface area (Å²) in [6.45, 7) is 3.24. The van der Waals surface area contributed by atoms with Crippen LogP contribution in [0.25, 0.3) is 0 Å². The Morgan fingerprint density at radius 3 is 1.35 bits per heavy atom. The zero-order valence-corrected chi connectivity index (χ0v) is 13.7. The fourth-order valence-electron chi connectivity index (χ4n) is 2.19. The molecular formula is C12H28Cl2N2O4. The summed E-state index contributed by atoms with van der Waals surface area (Å²) >= 11 is 0. The molecule has 0 bridgehead atoms. The van der Waals surface area contributed by atoms with Crippen molar-refractivity contribution in [3.63, 3.8) is 0 Å². The van der Waals surface area contributed by atoms with Crippen LogP contribution in [0.3, 0.4) is 0 Å². The second-order valence-corrected chi connectivity index (χ2v) is 4.67. The van der Waals surface area contributed by atoms with E-state index in [0.29, 0.717) is 13.1 Å². The summed E-state index contributed by atoms with van der Waals surface area (Å²) in [4.78, 5) is 0. The normalized spacial score (nSPS) is 33.0. The molecule has 0 aliphatic carbocycles. The number of β-amino-alcohol motifs (C(OH)–C–C–N with tert-alkyl or cyclic N) is 2. The van der Waals surface area contributed by atoms with E-state index >= 15 is 0 Å². The largest absolute Gasteiger partial charge is 0.389 e. The minimum atomic E-state index is -0.316. The van der Waals surface area contributed by atoms with E-state index in [1.165, 1.54) is 0 Å². The quantitative estimate of drug-likeness (QED) is 0.548. The highest BCUT2D eigenvalue weighted by Crippen LogP contribution is 2.06. The fraction of sp³-hybridized carbons (Fsp3) is 1.00. The first kappa shape index (κ1) is 22.6. The SMILES string of the molecule is CO[C@@H]1CCNC[C@H]1O.CO[C@H]1CCNC[C@@H]1O.Cl.Cl. The molecule has 4 atom stereocenters. The summed E-state index contributed by atoms with van der Waals surface area (Å²) in [5.41, 5.74) is 0. The lowest BCUT2D eigenvalue weighted by molar-refractivity contribution is -0.0280.